The maximum Gasteiger partial charge on any atom is 0.247 e. The molecular formula is C30H28ClN5O4S. The van der Waals surface area contributed by atoms with Crippen molar-refractivity contribution in [3.8, 4) is 28.3 Å². The molecule has 0 atom stereocenters. The molecule has 0 N–H and O–H groups in total. The molecule has 41 heavy (non-hydrogen) atoms. The van der Waals surface area contributed by atoms with Gasteiger partial charge in [0.05, 0.1) is 19.6 Å². The number of benzene rings is 3. The monoisotopic (exact) mass is 589 g/mol. The highest BCUT2D eigenvalue weighted by atomic mass is 35.5. The molecular weight excluding hydrogens is 562 g/mol. The fraction of sp³-hybridized carbons (Fsp3) is 0.200. The van der Waals surface area contributed by atoms with Crippen LogP contribution in [0.15, 0.2) is 90.2 Å². The number of aromatic nitrogens is 3. The van der Waals surface area contributed by atoms with Gasteiger partial charge in [0.1, 0.15) is 28.5 Å². The highest BCUT2D eigenvalue weighted by molar-refractivity contribution is 7.89. The summed E-state index contributed by atoms with van der Waals surface area (Å²) < 4.78 is 41.4. The first kappa shape index (κ1) is 27.1. The van der Waals surface area contributed by atoms with Crippen LogP contribution in [-0.4, -0.2) is 67.7 Å². The van der Waals surface area contributed by atoms with E-state index in [0.29, 0.717) is 23.9 Å². The van der Waals surface area contributed by atoms with Gasteiger partial charge in [-0.2, -0.15) is 4.31 Å². The molecule has 0 amide bonds. The van der Waals surface area contributed by atoms with Crippen molar-refractivity contribution in [1.29, 1.82) is 0 Å². The molecule has 1 aliphatic heterocycles. The summed E-state index contributed by atoms with van der Waals surface area (Å²) in [5.41, 5.74) is 3.64. The summed E-state index contributed by atoms with van der Waals surface area (Å²) in [4.78, 5) is 11.6. The summed E-state index contributed by atoms with van der Waals surface area (Å²) in [5.74, 6) is 1.48. The van der Waals surface area contributed by atoms with Crippen molar-refractivity contribution in [3.63, 3.8) is 0 Å². The van der Waals surface area contributed by atoms with Gasteiger partial charge in [-0.1, -0.05) is 48.0 Å². The molecule has 210 valence electrons. The lowest BCUT2D eigenvalue weighted by Gasteiger charge is -2.35. The van der Waals surface area contributed by atoms with E-state index in [4.69, 9.17) is 26.1 Å². The average molecular weight is 590 g/mol. The van der Waals surface area contributed by atoms with Gasteiger partial charge in [-0.25, -0.2) is 18.4 Å². The number of piperazine rings is 1. The topological polar surface area (TPSA) is 89.8 Å². The number of fused-ring (bicyclic) bond motifs is 1. The molecule has 0 aliphatic carbocycles. The lowest BCUT2D eigenvalue weighted by atomic mass is 10.1. The fourth-order valence-corrected chi connectivity index (χ4v) is 6.99. The van der Waals surface area contributed by atoms with Gasteiger partial charge >= 0.3 is 0 Å². The maximum absolute atomic E-state index is 13.6. The Balaban J connectivity index is 1.37. The molecule has 11 heteroatoms. The number of sulfonamides is 1. The minimum Gasteiger partial charge on any atom is -0.497 e. The molecule has 5 aromatic rings. The Bertz CT molecular complexity index is 1820. The molecule has 6 rings (SSSR count). The third-order valence-electron chi connectivity index (χ3n) is 7.26. The summed E-state index contributed by atoms with van der Waals surface area (Å²) >= 11 is 6.33. The van der Waals surface area contributed by atoms with Crippen molar-refractivity contribution in [3.05, 3.63) is 90.3 Å². The van der Waals surface area contributed by atoms with Crippen molar-refractivity contribution in [2.24, 2.45) is 0 Å². The average Bonchev–Trinajstić information content (AvgIpc) is 3.41. The fourth-order valence-electron chi connectivity index (χ4n) is 5.21. The largest absolute Gasteiger partial charge is 0.497 e. The van der Waals surface area contributed by atoms with Crippen LogP contribution >= 0.6 is 11.6 Å². The Morgan fingerprint density at radius 3 is 2.34 bits per heavy atom. The first-order chi connectivity index (χ1) is 19.9. The van der Waals surface area contributed by atoms with E-state index in [-0.39, 0.29) is 23.7 Å². The summed E-state index contributed by atoms with van der Waals surface area (Å²) in [5, 5.41) is 1.52. The molecule has 0 unspecified atom stereocenters. The van der Waals surface area contributed by atoms with E-state index in [1.54, 1.807) is 18.5 Å². The van der Waals surface area contributed by atoms with Crippen molar-refractivity contribution in [2.45, 2.75) is 4.90 Å². The van der Waals surface area contributed by atoms with Gasteiger partial charge in [0.25, 0.3) is 0 Å². The minimum absolute atomic E-state index is 0.0854. The Hall–Kier alpha value is -4.12. The number of anilines is 1. The van der Waals surface area contributed by atoms with Gasteiger partial charge in [-0.05, 0) is 35.9 Å². The van der Waals surface area contributed by atoms with E-state index in [1.165, 1.54) is 24.6 Å². The second-order valence-corrected chi connectivity index (χ2v) is 11.9. The first-order valence-electron chi connectivity index (χ1n) is 13.1. The van der Waals surface area contributed by atoms with Crippen LogP contribution in [0, 0.1) is 0 Å². The van der Waals surface area contributed by atoms with E-state index in [2.05, 4.69) is 28.2 Å². The number of hydrogen-bond acceptors (Lipinski definition) is 7. The zero-order valence-corrected chi connectivity index (χ0v) is 24.1. The van der Waals surface area contributed by atoms with E-state index in [9.17, 15) is 8.42 Å². The third-order valence-corrected chi connectivity index (χ3v) is 9.42. The lowest BCUT2D eigenvalue weighted by molar-refractivity contribution is 0.370. The zero-order chi connectivity index (χ0) is 28.6. The summed E-state index contributed by atoms with van der Waals surface area (Å²) in [6.45, 7) is 1.47. The Morgan fingerprint density at radius 1 is 0.854 bits per heavy atom. The first-order valence-corrected chi connectivity index (χ1v) is 14.9. The van der Waals surface area contributed by atoms with Crippen LogP contribution in [0.1, 0.15) is 0 Å². The third kappa shape index (κ3) is 4.99. The van der Waals surface area contributed by atoms with Crippen molar-refractivity contribution < 1.29 is 17.9 Å². The van der Waals surface area contributed by atoms with Gasteiger partial charge in [-0.15, -0.1) is 0 Å². The number of rotatable bonds is 7. The molecule has 0 radical (unpaired) electrons. The van der Waals surface area contributed by atoms with Gasteiger partial charge < -0.3 is 18.9 Å². The van der Waals surface area contributed by atoms with Crippen LogP contribution in [0.2, 0.25) is 5.02 Å². The molecule has 2 aromatic heterocycles. The van der Waals surface area contributed by atoms with Gasteiger partial charge in [0.2, 0.25) is 10.0 Å². The highest BCUT2D eigenvalue weighted by Gasteiger charge is 2.33. The molecule has 1 aliphatic rings. The highest BCUT2D eigenvalue weighted by Crippen LogP contribution is 2.38. The maximum atomic E-state index is 13.6. The van der Waals surface area contributed by atoms with Gasteiger partial charge in [0.15, 0.2) is 5.65 Å². The van der Waals surface area contributed by atoms with Gasteiger partial charge in [-0.3, -0.25) is 0 Å². The molecule has 1 saturated heterocycles. The van der Waals surface area contributed by atoms with E-state index in [1.807, 2.05) is 47.0 Å². The number of halogens is 1. The zero-order valence-electron chi connectivity index (χ0n) is 22.6. The van der Waals surface area contributed by atoms with Crippen LogP contribution in [0.25, 0.3) is 27.8 Å². The van der Waals surface area contributed by atoms with Crippen molar-refractivity contribution in [1.82, 2.24) is 18.8 Å². The second kappa shape index (κ2) is 11.0. The smallest absolute Gasteiger partial charge is 0.247 e. The van der Waals surface area contributed by atoms with E-state index >= 15 is 0 Å². The Labute approximate surface area is 243 Å². The van der Waals surface area contributed by atoms with Crippen LogP contribution in [0.4, 0.5) is 5.82 Å². The molecule has 0 bridgehead atoms. The predicted molar refractivity (Wildman–Crippen MR) is 160 cm³/mol. The van der Waals surface area contributed by atoms with Crippen molar-refractivity contribution >= 4 is 38.5 Å². The summed E-state index contributed by atoms with van der Waals surface area (Å²) in [6, 6.07) is 22.5. The number of nitrogens with zero attached hydrogens (tertiary/aromatic N) is 5. The van der Waals surface area contributed by atoms with E-state index < -0.39 is 10.0 Å². The standard InChI is InChI=1S/C30H28ClN5O4S/c1-39-24-11-12-26(40-2)27(18-24)41(37,38)35-15-13-34(14-16-35)29-28-25(21-7-4-3-5-8-21)19-36(30(28)33-20-32-29)23-10-6-9-22(31)17-23/h3-12,17-20H,13-16H2,1-2H3. The summed E-state index contributed by atoms with van der Waals surface area (Å²) in [6.07, 6.45) is 3.61. The van der Waals surface area contributed by atoms with Crippen LogP contribution in [0.3, 0.4) is 0 Å². The normalized spacial score (nSPS) is 14.4. The van der Waals surface area contributed by atoms with Crippen molar-refractivity contribution in [2.75, 3.05) is 45.3 Å². The molecule has 1 fully saturated rings. The van der Waals surface area contributed by atoms with Crippen LogP contribution in [0.5, 0.6) is 11.5 Å². The number of hydrogen-bond donors (Lipinski definition) is 0. The quantitative estimate of drug-likeness (QED) is 0.255. The molecule has 0 spiro atoms. The Morgan fingerprint density at radius 2 is 1.63 bits per heavy atom. The predicted octanol–water partition coefficient (Wildman–Crippen LogP) is 5.27. The van der Waals surface area contributed by atoms with E-state index in [0.717, 1.165) is 33.7 Å². The van der Waals surface area contributed by atoms with Crippen LogP contribution in [-0.2, 0) is 10.0 Å². The molecule has 9 nitrogen and oxygen atoms in total. The minimum atomic E-state index is -3.82. The SMILES string of the molecule is COc1ccc(OC)c(S(=O)(=O)N2CCN(c3ncnc4c3c(-c3ccccc3)cn4-c3cccc(Cl)c3)CC2)c1. The van der Waals surface area contributed by atoms with Crippen LogP contribution < -0.4 is 14.4 Å². The Kier molecular flexibility index (Phi) is 7.29. The number of methoxy groups -OCH3 is 2. The lowest BCUT2D eigenvalue weighted by Crippen LogP contribution is -2.49. The molecule has 3 heterocycles. The summed E-state index contributed by atoms with van der Waals surface area (Å²) in [7, 11) is -0.860. The molecule has 0 saturated carbocycles. The second-order valence-electron chi connectivity index (χ2n) is 9.56. The molecule has 3 aromatic carbocycles. The number of ether oxygens (including phenoxy) is 2. The van der Waals surface area contributed by atoms with Gasteiger partial charge in [0, 0.05) is 54.7 Å².